The molecular weight excluding hydrogens is 226 g/mol. The van der Waals surface area contributed by atoms with Crippen LogP contribution in [0, 0.1) is 5.92 Å². The number of nitrogens with zero attached hydrogens (tertiary/aromatic N) is 1. The Balaban J connectivity index is 1.73. The van der Waals surface area contributed by atoms with Crippen molar-refractivity contribution < 1.29 is 9.53 Å². The van der Waals surface area contributed by atoms with Gasteiger partial charge in [0.25, 0.3) is 0 Å². The molecule has 0 spiro atoms. The summed E-state index contributed by atoms with van der Waals surface area (Å²) in [7, 11) is 0. The number of amides is 1. The van der Waals surface area contributed by atoms with Crippen molar-refractivity contribution >= 4 is 12.3 Å². The minimum Gasteiger partial charge on any atom is -0.443 e. The standard InChI is InChI=1S/C15H19NO2/c17-15(16-11-13-7-3-1-4-8-13)18-12-14-9-5-2-6-10-14/h2,5-6,9-11,13H,1,3-4,7-8,12H2/b16-11+. The summed E-state index contributed by atoms with van der Waals surface area (Å²) >= 11 is 0. The number of carbonyl (C=O) groups excluding carboxylic acids is 1. The molecule has 1 aromatic rings. The van der Waals surface area contributed by atoms with Gasteiger partial charge in [-0.3, -0.25) is 0 Å². The molecule has 0 N–H and O–H groups in total. The smallest absolute Gasteiger partial charge is 0.433 e. The summed E-state index contributed by atoms with van der Waals surface area (Å²) < 4.78 is 5.08. The number of benzene rings is 1. The molecule has 1 amide bonds. The van der Waals surface area contributed by atoms with Gasteiger partial charge in [0.2, 0.25) is 0 Å². The second kappa shape index (κ2) is 6.94. The van der Waals surface area contributed by atoms with Gasteiger partial charge in [-0.25, -0.2) is 4.79 Å². The second-order valence-electron chi connectivity index (χ2n) is 4.72. The molecule has 0 aromatic heterocycles. The van der Waals surface area contributed by atoms with Crippen molar-refractivity contribution in [1.29, 1.82) is 0 Å². The van der Waals surface area contributed by atoms with Gasteiger partial charge in [0.1, 0.15) is 6.61 Å². The van der Waals surface area contributed by atoms with E-state index in [9.17, 15) is 4.79 Å². The lowest BCUT2D eigenvalue weighted by molar-refractivity contribution is 0.151. The topological polar surface area (TPSA) is 38.7 Å². The zero-order valence-electron chi connectivity index (χ0n) is 10.5. The van der Waals surface area contributed by atoms with Gasteiger partial charge in [-0.2, -0.15) is 4.99 Å². The first-order valence-electron chi connectivity index (χ1n) is 6.59. The number of ether oxygens (including phenoxy) is 1. The molecule has 1 saturated carbocycles. The first kappa shape index (κ1) is 12.8. The maximum atomic E-state index is 11.4. The van der Waals surface area contributed by atoms with E-state index in [0.29, 0.717) is 12.5 Å². The fourth-order valence-electron chi connectivity index (χ4n) is 2.21. The lowest BCUT2D eigenvalue weighted by Crippen LogP contribution is -2.09. The molecule has 0 atom stereocenters. The van der Waals surface area contributed by atoms with Gasteiger partial charge in [0.05, 0.1) is 0 Å². The maximum absolute atomic E-state index is 11.4. The van der Waals surface area contributed by atoms with Crippen LogP contribution in [-0.4, -0.2) is 12.3 Å². The monoisotopic (exact) mass is 245 g/mol. The first-order valence-corrected chi connectivity index (χ1v) is 6.59. The summed E-state index contributed by atoms with van der Waals surface area (Å²) in [5, 5.41) is 0. The van der Waals surface area contributed by atoms with E-state index in [1.54, 1.807) is 6.21 Å². The number of aliphatic imine (C=N–C) groups is 1. The molecule has 18 heavy (non-hydrogen) atoms. The minimum atomic E-state index is -0.482. The van der Waals surface area contributed by atoms with Crippen molar-refractivity contribution in [2.45, 2.75) is 38.7 Å². The Labute approximate surface area is 108 Å². The van der Waals surface area contributed by atoms with E-state index >= 15 is 0 Å². The molecule has 1 aliphatic carbocycles. The van der Waals surface area contributed by atoms with E-state index in [2.05, 4.69) is 4.99 Å². The largest absolute Gasteiger partial charge is 0.443 e. The van der Waals surface area contributed by atoms with Crippen molar-refractivity contribution in [1.82, 2.24) is 0 Å². The Bertz CT molecular complexity index is 394. The summed E-state index contributed by atoms with van der Waals surface area (Å²) in [5.41, 5.74) is 0.985. The van der Waals surface area contributed by atoms with Gasteiger partial charge in [-0.05, 0) is 24.3 Å². The zero-order valence-corrected chi connectivity index (χ0v) is 10.5. The van der Waals surface area contributed by atoms with Crippen LogP contribution in [0.5, 0.6) is 0 Å². The lowest BCUT2D eigenvalue weighted by atomic mass is 9.90. The third-order valence-corrected chi connectivity index (χ3v) is 3.25. The predicted molar refractivity (Wildman–Crippen MR) is 71.7 cm³/mol. The SMILES string of the molecule is O=C(/N=C/C1CCCCC1)OCc1ccccc1. The molecule has 1 aromatic carbocycles. The van der Waals surface area contributed by atoms with E-state index < -0.39 is 6.09 Å². The van der Waals surface area contributed by atoms with Gasteiger partial charge >= 0.3 is 6.09 Å². The highest BCUT2D eigenvalue weighted by Gasteiger charge is 2.11. The Morgan fingerprint density at radius 1 is 1.22 bits per heavy atom. The molecule has 0 bridgehead atoms. The van der Waals surface area contributed by atoms with Crippen LogP contribution in [0.1, 0.15) is 37.7 Å². The van der Waals surface area contributed by atoms with Crippen LogP contribution >= 0.6 is 0 Å². The fourth-order valence-corrected chi connectivity index (χ4v) is 2.21. The Hall–Kier alpha value is -1.64. The van der Waals surface area contributed by atoms with E-state index in [-0.39, 0.29) is 0 Å². The molecule has 1 fully saturated rings. The number of rotatable bonds is 3. The maximum Gasteiger partial charge on any atom is 0.433 e. The van der Waals surface area contributed by atoms with Gasteiger partial charge in [0.15, 0.2) is 0 Å². The molecule has 96 valence electrons. The third kappa shape index (κ3) is 4.32. The molecule has 1 aliphatic rings. The molecule has 0 unspecified atom stereocenters. The van der Waals surface area contributed by atoms with E-state index in [4.69, 9.17) is 4.74 Å². The quantitative estimate of drug-likeness (QED) is 0.756. The van der Waals surface area contributed by atoms with Crippen molar-refractivity contribution in [2.75, 3.05) is 0 Å². The van der Waals surface area contributed by atoms with Gasteiger partial charge < -0.3 is 4.74 Å². The Kier molecular flexibility index (Phi) is 4.94. The average molecular weight is 245 g/mol. The second-order valence-corrected chi connectivity index (χ2v) is 4.72. The highest BCUT2D eigenvalue weighted by Crippen LogP contribution is 2.21. The van der Waals surface area contributed by atoms with Crippen molar-refractivity contribution in [3.63, 3.8) is 0 Å². The molecule has 0 aliphatic heterocycles. The van der Waals surface area contributed by atoms with E-state index in [1.165, 1.54) is 19.3 Å². The average Bonchev–Trinajstić information content (AvgIpc) is 2.45. The number of carbonyl (C=O) groups is 1. The number of hydrogen-bond donors (Lipinski definition) is 0. The fraction of sp³-hybridized carbons (Fsp3) is 0.467. The van der Waals surface area contributed by atoms with Gasteiger partial charge in [-0.1, -0.05) is 49.6 Å². The van der Waals surface area contributed by atoms with Crippen LogP contribution in [0.25, 0.3) is 0 Å². The van der Waals surface area contributed by atoms with Crippen LogP contribution in [0.2, 0.25) is 0 Å². The van der Waals surface area contributed by atoms with Gasteiger partial charge in [-0.15, -0.1) is 0 Å². The van der Waals surface area contributed by atoms with Crippen molar-refractivity contribution in [2.24, 2.45) is 10.9 Å². The van der Waals surface area contributed by atoms with E-state index in [0.717, 1.165) is 18.4 Å². The predicted octanol–water partition coefficient (Wildman–Crippen LogP) is 3.97. The summed E-state index contributed by atoms with van der Waals surface area (Å²) in [5.74, 6) is 0.461. The van der Waals surface area contributed by atoms with Crippen LogP contribution in [-0.2, 0) is 11.3 Å². The zero-order chi connectivity index (χ0) is 12.6. The molecule has 0 heterocycles. The molecule has 2 rings (SSSR count). The highest BCUT2D eigenvalue weighted by atomic mass is 16.5. The van der Waals surface area contributed by atoms with Crippen LogP contribution in [0.3, 0.4) is 0 Å². The molecule has 0 radical (unpaired) electrons. The van der Waals surface area contributed by atoms with Crippen molar-refractivity contribution in [3.8, 4) is 0 Å². The normalized spacial score (nSPS) is 16.9. The van der Waals surface area contributed by atoms with Crippen LogP contribution in [0.4, 0.5) is 4.79 Å². The molecular formula is C15H19NO2. The van der Waals surface area contributed by atoms with E-state index in [1.807, 2.05) is 30.3 Å². The summed E-state index contributed by atoms with van der Waals surface area (Å²) in [6.07, 6.45) is 7.38. The lowest BCUT2D eigenvalue weighted by Gasteiger charge is -2.16. The van der Waals surface area contributed by atoms with Crippen molar-refractivity contribution in [3.05, 3.63) is 35.9 Å². The van der Waals surface area contributed by atoms with Gasteiger partial charge in [0, 0.05) is 6.21 Å². The molecule has 0 saturated heterocycles. The summed E-state index contributed by atoms with van der Waals surface area (Å²) in [6.45, 7) is 0.293. The molecule has 3 heteroatoms. The third-order valence-electron chi connectivity index (χ3n) is 3.25. The Morgan fingerprint density at radius 2 is 1.94 bits per heavy atom. The Morgan fingerprint density at radius 3 is 2.67 bits per heavy atom. The highest BCUT2D eigenvalue weighted by molar-refractivity contribution is 5.80. The summed E-state index contributed by atoms with van der Waals surface area (Å²) in [4.78, 5) is 15.3. The first-order chi connectivity index (χ1) is 8.84. The van der Waals surface area contributed by atoms with Crippen LogP contribution in [0.15, 0.2) is 35.3 Å². The summed E-state index contributed by atoms with van der Waals surface area (Å²) in [6, 6.07) is 9.64. The number of hydrogen-bond acceptors (Lipinski definition) is 2. The minimum absolute atomic E-state index is 0.293. The molecule has 3 nitrogen and oxygen atoms in total. The van der Waals surface area contributed by atoms with Crippen LogP contribution < -0.4 is 0 Å².